The molecule has 134 valence electrons. The number of amides is 3. The first-order chi connectivity index (χ1) is 10.6. The Balaban J connectivity index is 5.13. The van der Waals surface area contributed by atoms with Crippen molar-refractivity contribution in [3.05, 3.63) is 0 Å². The van der Waals surface area contributed by atoms with Crippen molar-refractivity contribution < 1.29 is 24.7 Å². The van der Waals surface area contributed by atoms with Crippen LogP contribution in [0.1, 0.15) is 40.0 Å². The number of carbonyl (C=O) groups excluding carboxylic acids is 3. The van der Waals surface area contributed by atoms with Crippen molar-refractivity contribution in [3.63, 3.8) is 0 Å². The maximum atomic E-state index is 12.4. The first kappa shape index (κ1) is 21.3. The number of aliphatic hydroxyl groups excluding tert-OH is 1. The maximum absolute atomic E-state index is 12.4. The summed E-state index contributed by atoms with van der Waals surface area (Å²) >= 11 is 0. The van der Waals surface area contributed by atoms with Gasteiger partial charge in [0.2, 0.25) is 11.8 Å². The van der Waals surface area contributed by atoms with Gasteiger partial charge in [0.05, 0.1) is 5.92 Å². The first-order valence-corrected chi connectivity index (χ1v) is 7.82. The molecule has 0 fully saturated rings. The van der Waals surface area contributed by atoms with Gasteiger partial charge in [0.1, 0.15) is 12.1 Å². The predicted molar refractivity (Wildman–Crippen MR) is 84.4 cm³/mol. The molecule has 0 unspecified atom stereocenters. The van der Waals surface area contributed by atoms with Gasteiger partial charge in [-0.2, -0.15) is 0 Å². The van der Waals surface area contributed by atoms with Crippen LogP contribution in [-0.4, -0.2) is 59.3 Å². The highest BCUT2D eigenvalue weighted by molar-refractivity contribution is 5.92. The number of hydrogen-bond donors (Lipinski definition) is 4. The summed E-state index contributed by atoms with van der Waals surface area (Å²) in [4.78, 5) is 36.0. The molecule has 0 aromatic carbocycles. The van der Waals surface area contributed by atoms with Gasteiger partial charge in [-0.3, -0.25) is 19.6 Å². The largest absolute Gasteiger partial charge is 0.382 e. The van der Waals surface area contributed by atoms with Crippen LogP contribution < -0.4 is 10.6 Å². The molecule has 23 heavy (non-hydrogen) atoms. The summed E-state index contributed by atoms with van der Waals surface area (Å²) in [6, 6.07) is -0.735. The Morgan fingerprint density at radius 1 is 1.17 bits per heavy atom. The van der Waals surface area contributed by atoms with Gasteiger partial charge in [-0.05, 0) is 18.8 Å². The Morgan fingerprint density at radius 3 is 2.13 bits per heavy atom. The number of hydrogen-bond acceptors (Lipinski definition) is 5. The summed E-state index contributed by atoms with van der Waals surface area (Å²) in [6.07, 6.45) is -0.399. The number of nitrogens with one attached hydrogen (secondary N) is 2. The van der Waals surface area contributed by atoms with Gasteiger partial charge in [0.15, 0.2) is 0 Å². The van der Waals surface area contributed by atoms with Crippen molar-refractivity contribution in [2.75, 3.05) is 14.1 Å². The Kier molecular flexibility index (Phi) is 9.43. The Hall–Kier alpha value is -1.67. The number of nitrogens with zero attached hydrogens (tertiary/aromatic N) is 1. The molecule has 0 aliphatic carbocycles. The van der Waals surface area contributed by atoms with Gasteiger partial charge in [-0.1, -0.05) is 27.2 Å². The monoisotopic (exact) mass is 331 g/mol. The van der Waals surface area contributed by atoms with Crippen LogP contribution in [0.15, 0.2) is 0 Å². The molecule has 0 aliphatic rings. The van der Waals surface area contributed by atoms with Gasteiger partial charge >= 0.3 is 0 Å². The van der Waals surface area contributed by atoms with E-state index in [-0.39, 0.29) is 23.3 Å². The van der Waals surface area contributed by atoms with Gasteiger partial charge in [-0.15, -0.1) is 0 Å². The van der Waals surface area contributed by atoms with Gasteiger partial charge in [-0.25, -0.2) is 5.06 Å². The fourth-order valence-corrected chi connectivity index (χ4v) is 2.26. The van der Waals surface area contributed by atoms with E-state index in [0.717, 1.165) is 7.05 Å². The second kappa shape index (κ2) is 10.2. The van der Waals surface area contributed by atoms with Crippen LogP contribution in [0.4, 0.5) is 0 Å². The summed E-state index contributed by atoms with van der Waals surface area (Å²) in [5, 5.41) is 24.5. The molecule has 8 heteroatoms. The molecule has 0 saturated heterocycles. The van der Waals surface area contributed by atoms with Gasteiger partial charge < -0.3 is 15.7 Å². The second-order valence-electron chi connectivity index (χ2n) is 6.01. The van der Waals surface area contributed by atoms with Crippen LogP contribution in [0.5, 0.6) is 0 Å². The van der Waals surface area contributed by atoms with Gasteiger partial charge in [0.25, 0.3) is 5.91 Å². The van der Waals surface area contributed by atoms with E-state index < -0.39 is 29.9 Å². The van der Waals surface area contributed by atoms with Crippen LogP contribution in [0, 0.1) is 11.8 Å². The normalized spacial score (nSPS) is 14.8. The van der Waals surface area contributed by atoms with E-state index in [1.807, 2.05) is 20.8 Å². The molecule has 3 atom stereocenters. The van der Waals surface area contributed by atoms with Crippen LogP contribution in [0.3, 0.4) is 0 Å². The second-order valence-corrected chi connectivity index (χ2v) is 6.01. The molecule has 0 heterocycles. The van der Waals surface area contributed by atoms with E-state index >= 15 is 0 Å². The third-order valence-electron chi connectivity index (χ3n) is 3.48. The van der Waals surface area contributed by atoms with E-state index in [0.29, 0.717) is 12.8 Å². The number of rotatable bonds is 9. The minimum absolute atomic E-state index is 0.178. The molecule has 0 bridgehead atoms. The molecule has 0 rings (SSSR count). The predicted octanol–water partition coefficient (Wildman–Crippen LogP) is -0.112. The van der Waals surface area contributed by atoms with Crippen molar-refractivity contribution in [2.24, 2.45) is 11.8 Å². The fraction of sp³-hybridized carbons (Fsp3) is 0.800. The molecule has 0 radical (unpaired) electrons. The van der Waals surface area contributed by atoms with Crippen molar-refractivity contribution >= 4 is 17.7 Å². The first-order valence-electron chi connectivity index (χ1n) is 7.82. The van der Waals surface area contributed by atoms with Crippen molar-refractivity contribution in [2.45, 2.75) is 52.2 Å². The minimum Gasteiger partial charge on any atom is -0.382 e. The zero-order valence-electron chi connectivity index (χ0n) is 14.5. The zero-order valence-corrected chi connectivity index (χ0v) is 14.5. The summed E-state index contributed by atoms with van der Waals surface area (Å²) in [7, 11) is 2.56. The standard InChI is InChI=1S/C15H29N3O5/c1-6-7-10(12(19)15(22)18(5)23)13(20)17-11(8-9(2)3)14(21)16-4/h9-12,19,23H,6-8H2,1-5H3,(H,16,21)(H,17,20)/t10-,11+,12+/m1/s1. The SMILES string of the molecule is CCC[C@@H](C(=O)N[C@@H](CC(C)C)C(=O)NC)[C@H](O)C(=O)N(C)O. The molecule has 3 amide bonds. The number of likely N-dealkylation sites (N-methyl/N-ethyl adjacent to an activating group) is 2. The van der Waals surface area contributed by atoms with E-state index in [2.05, 4.69) is 10.6 Å². The topological polar surface area (TPSA) is 119 Å². The molecule has 0 aromatic heterocycles. The van der Waals surface area contributed by atoms with Crippen LogP contribution in [0.25, 0.3) is 0 Å². The molecule has 4 N–H and O–H groups in total. The molecule has 8 nitrogen and oxygen atoms in total. The Morgan fingerprint density at radius 2 is 1.74 bits per heavy atom. The summed E-state index contributed by atoms with van der Waals surface area (Å²) in [5.41, 5.74) is 0. The quantitative estimate of drug-likeness (QED) is 0.347. The Labute approximate surface area is 137 Å². The van der Waals surface area contributed by atoms with E-state index in [9.17, 15) is 19.5 Å². The van der Waals surface area contributed by atoms with E-state index in [1.165, 1.54) is 7.05 Å². The molecule has 0 aromatic rings. The smallest absolute Gasteiger partial charge is 0.275 e. The third kappa shape index (κ3) is 6.96. The highest BCUT2D eigenvalue weighted by Crippen LogP contribution is 2.15. The summed E-state index contributed by atoms with van der Waals surface area (Å²) in [6.45, 7) is 5.65. The maximum Gasteiger partial charge on any atom is 0.275 e. The third-order valence-corrected chi connectivity index (χ3v) is 3.48. The Bertz CT molecular complexity index is 412. The lowest BCUT2D eigenvalue weighted by Crippen LogP contribution is -2.52. The number of hydroxylamine groups is 2. The van der Waals surface area contributed by atoms with E-state index in [1.54, 1.807) is 0 Å². The minimum atomic E-state index is -1.66. The molecule has 0 aliphatic heterocycles. The van der Waals surface area contributed by atoms with E-state index in [4.69, 9.17) is 5.21 Å². The summed E-state index contributed by atoms with van der Waals surface area (Å²) < 4.78 is 0. The zero-order chi connectivity index (χ0) is 18.2. The van der Waals surface area contributed by atoms with Crippen LogP contribution >= 0.6 is 0 Å². The van der Waals surface area contributed by atoms with Crippen molar-refractivity contribution in [3.8, 4) is 0 Å². The number of carbonyl (C=O) groups is 3. The molecular formula is C15H29N3O5. The molecule has 0 saturated carbocycles. The lowest BCUT2D eigenvalue weighted by Gasteiger charge is -2.26. The summed E-state index contributed by atoms with van der Waals surface area (Å²) in [5.74, 6) is -2.72. The van der Waals surface area contributed by atoms with Crippen molar-refractivity contribution in [1.29, 1.82) is 0 Å². The average Bonchev–Trinajstić information content (AvgIpc) is 2.48. The molecule has 0 spiro atoms. The number of aliphatic hydroxyl groups is 1. The lowest BCUT2D eigenvalue weighted by molar-refractivity contribution is -0.173. The average molecular weight is 331 g/mol. The fourth-order valence-electron chi connectivity index (χ4n) is 2.26. The highest BCUT2D eigenvalue weighted by Gasteiger charge is 2.34. The lowest BCUT2D eigenvalue weighted by atomic mass is 9.94. The van der Waals surface area contributed by atoms with Crippen LogP contribution in [0.2, 0.25) is 0 Å². The molecular weight excluding hydrogens is 302 g/mol. The van der Waals surface area contributed by atoms with Crippen molar-refractivity contribution in [1.82, 2.24) is 15.7 Å². The van der Waals surface area contributed by atoms with Crippen LogP contribution in [-0.2, 0) is 14.4 Å². The van der Waals surface area contributed by atoms with Gasteiger partial charge in [0, 0.05) is 14.1 Å². The highest BCUT2D eigenvalue weighted by atomic mass is 16.5.